The van der Waals surface area contributed by atoms with Crippen LogP contribution in [0, 0.1) is 5.41 Å². The summed E-state index contributed by atoms with van der Waals surface area (Å²) < 4.78 is 26.0. The second-order valence-electron chi connectivity index (χ2n) is 4.63. The van der Waals surface area contributed by atoms with Crippen LogP contribution < -0.4 is 5.32 Å². The zero-order valence-electron chi connectivity index (χ0n) is 9.25. The van der Waals surface area contributed by atoms with E-state index in [1.54, 1.807) is 13.8 Å². The Morgan fingerprint density at radius 1 is 1.15 bits per heavy atom. The molecule has 3 heteroatoms. The highest BCUT2D eigenvalue weighted by molar-refractivity contribution is 4.82. The minimum atomic E-state index is -2.61. The third-order valence-corrected chi connectivity index (χ3v) is 2.49. The lowest BCUT2D eigenvalue weighted by Gasteiger charge is -2.31. The van der Waals surface area contributed by atoms with E-state index >= 15 is 0 Å². The quantitative estimate of drug-likeness (QED) is 0.707. The molecule has 0 aromatic rings. The number of rotatable bonds is 5. The maximum atomic E-state index is 13.0. The van der Waals surface area contributed by atoms with Crippen molar-refractivity contribution in [1.29, 1.82) is 0 Å². The van der Waals surface area contributed by atoms with Gasteiger partial charge in [-0.05, 0) is 19.9 Å². The average Bonchev–Trinajstić information content (AvgIpc) is 1.82. The predicted molar refractivity (Wildman–Crippen MR) is 52.2 cm³/mol. The van der Waals surface area contributed by atoms with Crippen LogP contribution in [0.3, 0.4) is 0 Å². The zero-order valence-corrected chi connectivity index (χ0v) is 9.25. The first kappa shape index (κ1) is 12.8. The first-order chi connectivity index (χ1) is 5.67. The Morgan fingerprint density at radius 3 is 1.92 bits per heavy atom. The van der Waals surface area contributed by atoms with Gasteiger partial charge in [-0.3, -0.25) is 0 Å². The molecule has 80 valence electrons. The SMILES string of the molecule is CC(C)NCCC(C)(C)C(C)(F)F. The van der Waals surface area contributed by atoms with Crippen molar-refractivity contribution in [1.82, 2.24) is 5.32 Å². The van der Waals surface area contributed by atoms with E-state index in [2.05, 4.69) is 5.32 Å². The number of alkyl halides is 2. The van der Waals surface area contributed by atoms with E-state index in [1.807, 2.05) is 13.8 Å². The summed E-state index contributed by atoms with van der Waals surface area (Å²) >= 11 is 0. The monoisotopic (exact) mass is 193 g/mol. The summed E-state index contributed by atoms with van der Waals surface area (Å²) in [5.41, 5.74) is -0.922. The topological polar surface area (TPSA) is 12.0 Å². The van der Waals surface area contributed by atoms with Crippen LogP contribution >= 0.6 is 0 Å². The summed E-state index contributed by atoms with van der Waals surface area (Å²) in [6.07, 6.45) is 0.495. The predicted octanol–water partition coefficient (Wildman–Crippen LogP) is 3.06. The molecular weight excluding hydrogens is 172 g/mol. The summed E-state index contributed by atoms with van der Waals surface area (Å²) in [7, 11) is 0. The molecule has 0 spiro atoms. The fraction of sp³-hybridized carbons (Fsp3) is 1.00. The van der Waals surface area contributed by atoms with Gasteiger partial charge in [-0.25, -0.2) is 8.78 Å². The molecule has 0 amide bonds. The molecule has 0 aliphatic rings. The zero-order chi connectivity index (χ0) is 10.7. The Balaban J connectivity index is 3.90. The van der Waals surface area contributed by atoms with Gasteiger partial charge in [0.15, 0.2) is 0 Å². The molecule has 0 radical (unpaired) electrons. The fourth-order valence-corrected chi connectivity index (χ4v) is 0.893. The Labute approximate surface area is 79.9 Å². The van der Waals surface area contributed by atoms with Crippen molar-refractivity contribution in [3.05, 3.63) is 0 Å². The Morgan fingerprint density at radius 2 is 1.62 bits per heavy atom. The molecule has 0 aliphatic carbocycles. The molecule has 1 nitrogen and oxygen atoms in total. The van der Waals surface area contributed by atoms with Crippen LogP contribution in [-0.2, 0) is 0 Å². The maximum absolute atomic E-state index is 13.0. The van der Waals surface area contributed by atoms with Gasteiger partial charge in [-0.15, -0.1) is 0 Å². The first-order valence-corrected chi connectivity index (χ1v) is 4.78. The van der Waals surface area contributed by atoms with Crippen molar-refractivity contribution in [3.8, 4) is 0 Å². The van der Waals surface area contributed by atoms with Crippen molar-refractivity contribution in [3.63, 3.8) is 0 Å². The van der Waals surface area contributed by atoms with Gasteiger partial charge < -0.3 is 5.32 Å². The molecule has 0 saturated carbocycles. The second kappa shape index (κ2) is 4.36. The largest absolute Gasteiger partial charge is 0.315 e. The van der Waals surface area contributed by atoms with Gasteiger partial charge >= 0.3 is 0 Å². The van der Waals surface area contributed by atoms with E-state index in [9.17, 15) is 8.78 Å². The number of hydrogen-bond donors (Lipinski definition) is 1. The molecule has 0 aromatic carbocycles. The van der Waals surface area contributed by atoms with Crippen LogP contribution in [0.5, 0.6) is 0 Å². The van der Waals surface area contributed by atoms with Crippen molar-refractivity contribution in [2.75, 3.05) is 6.54 Å². The molecule has 0 heterocycles. The lowest BCUT2D eigenvalue weighted by Crippen LogP contribution is -2.37. The van der Waals surface area contributed by atoms with Gasteiger partial charge in [0.05, 0.1) is 0 Å². The molecular formula is C10H21F2N. The summed E-state index contributed by atoms with van der Waals surface area (Å²) in [6.45, 7) is 8.87. The van der Waals surface area contributed by atoms with Crippen molar-refractivity contribution in [2.45, 2.75) is 53.0 Å². The Hall–Kier alpha value is -0.180. The Kier molecular flexibility index (Phi) is 4.30. The summed E-state index contributed by atoms with van der Waals surface area (Å²) in [5.74, 6) is -2.61. The molecule has 0 atom stereocenters. The fourth-order valence-electron chi connectivity index (χ4n) is 0.893. The van der Waals surface area contributed by atoms with E-state index in [0.29, 0.717) is 19.0 Å². The molecule has 0 bridgehead atoms. The molecule has 0 rings (SSSR count). The number of hydrogen-bond acceptors (Lipinski definition) is 1. The highest BCUT2D eigenvalue weighted by atomic mass is 19.3. The van der Waals surface area contributed by atoms with Crippen molar-refractivity contribution >= 4 is 0 Å². The Bertz CT molecular complexity index is 147. The van der Waals surface area contributed by atoms with Crippen molar-refractivity contribution in [2.24, 2.45) is 5.41 Å². The van der Waals surface area contributed by atoms with E-state index in [4.69, 9.17) is 0 Å². The lowest BCUT2D eigenvalue weighted by molar-refractivity contribution is -0.0917. The van der Waals surface area contributed by atoms with E-state index < -0.39 is 11.3 Å². The van der Waals surface area contributed by atoms with Gasteiger partial charge in [0.2, 0.25) is 5.92 Å². The molecule has 1 N–H and O–H groups in total. The second-order valence-corrected chi connectivity index (χ2v) is 4.63. The minimum Gasteiger partial charge on any atom is -0.315 e. The van der Waals surface area contributed by atoms with Crippen LogP contribution in [-0.4, -0.2) is 18.5 Å². The molecule has 0 unspecified atom stereocenters. The van der Waals surface area contributed by atoms with Gasteiger partial charge in [0, 0.05) is 11.5 Å². The normalized spacial score (nSPS) is 13.8. The number of nitrogens with one attached hydrogen (secondary N) is 1. The standard InChI is InChI=1S/C10H21F2N/c1-8(2)13-7-6-9(3,4)10(5,11)12/h8,13H,6-7H2,1-5H3. The highest BCUT2D eigenvalue weighted by Gasteiger charge is 2.41. The summed E-state index contributed by atoms with van der Waals surface area (Å²) in [4.78, 5) is 0. The van der Waals surface area contributed by atoms with E-state index in [1.165, 1.54) is 0 Å². The van der Waals surface area contributed by atoms with Crippen LogP contribution in [0.25, 0.3) is 0 Å². The number of halogens is 2. The van der Waals surface area contributed by atoms with Gasteiger partial charge in [0.25, 0.3) is 0 Å². The minimum absolute atomic E-state index is 0.362. The van der Waals surface area contributed by atoms with Crippen molar-refractivity contribution < 1.29 is 8.78 Å². The lowest BCUT2D eigenvalue weighted by atomic mass is 9.83. The molecule has 13 heavy (non-hydrogen) atoms. The van der Waals surface area contributed by atoms with Crippen LogP contribution in [0.1, 0.15) is 41.0 Å². The summed E-state index contributed by atoms with van der Waals surface area (Å²) in [5, 5.41) is 3.14. The first-order valence-electron chi connectivity index (χ1n) is 4.78. The molecule has 0 fully saturated rings. The van der Waals surface area contributed by atoms with E-state index in [0.717, 1.165) is 6.92 Å². The smallest absolute Gasteiger partial charge is 0.250 e. The highest BCUT2D eigenvalue weighted by Crippen LogP contribution is 2.38. The van der Waals surface area contributed by atoms with Gasteiger partial charge in [-0.2, -0.15) is 0 Å². The molecule has 0 aliphatic heterocycles. The van der Waals surface area contributed by atoms with Gasteiger partial charge in [-0.1, -0.05) is 27.7 Å². The third kappa shape index (κ3) is 4.55. The maximum Gasteiger partial charge on any atom is 0.250 e. The van der Waals surface area contributed by atoms with E-state index in [-0.39, 0.29) is 0 Å². The average molecular weight is 193 g/mol. The molecule has 0 saturated heterocycles. The van der Waals surface area contributed by atoms with Crippen LogP contribution in [0.4, 0.5) is 8.78 Å². The van der Waals surface area contributed by atoms with Crippen LogP contribution in [0.2, 0.25) is 0 Å². The third-order valence-electron chi connectivity index (χ3n) is 2.49. The van der Waals surface area contributed by atoms with Crippen LogP contribution in [0.15, 0.2) is 0 Å². The summed E-state index contributed by atoms with van der Waals surface area (Å²) in [6, 6.07) is 0.362. The van der Waals surface area contributed by atoms with Gasteiger partial charge in [0.1, 0.15) is 0 Å². The molecule has 0 aromatic heterocycles.